The van der Waals surface area contributed by atoms with Gasteiger partial charge in [0, 0.05) is 35.7 Å². The molecule has 1 amide bonds. The number of hydrogen-bond acceptors (Lipinski definition) is 10. The Bertz CT molecular complexity index is 2070. The van der Waals surface area contributed by atoms with Crippen LogP contribution in [0.4, 0.5) is 10.1 Å². The number of anilines is 1. The average Bonchev–Trinajstić information content (AvgIpc) is 3.89. The maximum Gasteiger partial charge on any atom is 0.376 e. The number of aliphatic hydroxyl groups is 1. The van der Waals surface area contributed by atoms with Gasteiger partial charge in [0.1, 0.15) is 22.9 Å². The van der Waals surface area contributed by atoms with Gasteiger partial charge in [-0.1, -0.05) is 18.2 Å². The molecule has 0 saturated heterocycles. The zero-order valence-corrected chi connectivity index (χ0v) is 29.4. The maximum atomic E-state index is 13.7. The number of fused-ring (bicyclic) bond motifs is 1. The van der Waals surface area contributed by atoms with Crippen LogP contribution in [0.15, 0.2) is 71.2 Å². The number of carbonyl (C=O) groups is 3. The number of ketones is 1. The van der Waals surface area contributed by atoms with Crippen molar-refractivity contribution in [2.75, 3.05) is 57.2 Å². The second-order valence-corrected chi connectivity index (χ2v) is 14.0. The third-order valence-corrected chi connectivity index (χ3v) is 9.42. The average molecular weight is 739 g/mol. The molecule has 1 saturated carbocycles. The monoisotopic (exact) mass is 738 g/mol. The molecule has 0 radical (unpaired) electrons. The number of benzene rings is 3. The summed E-state index contributed by atoms with van der Waals surface area (Å²) in [5, 5.41) is 21.9. The number of carbonyl (C=O) groups excluding carboxylic acids is 2. The summed E-state index contributed by atoms with van der Waals surface area (Å²) in [7, 11) is -2.25. The van der Waals surface area contributed by atoms with E-state index in [0.717, 1.165) is 24.7 Å². The number of aliphatic hydroxyl groups excluding tert-OH is 1. The van der Waals surface area contributed by atoms with E-state index in [0.29, 0.717) is 33.9 Å². The van der Waals surface area contributed by atoms with Gasteiger partial charge < -0.3 is 34.2 Å². The molecule has 52 heavy (non-hydrogen) atoms. The summed E-state index contributed by atoms with van der Waals surface area (Å²) >= 11 is 0. The molecular weight excluding hydrogens is 699 g/mol. The Morgan fingerprint density at radius 1 is 0.962 bits per heavy atom. The number of aliphatic carboxylic acids is 1. The van der Waals surface area contributed by atoms with Gasteiger partial charge in [0.05, 0.1) is 63.7 Å². The van der Waals surface area contributed by atoms with Crippen LogP contribution in [0, 0.1) is 5.82 Å². The molecule has 0 atom stereocenters. The van der Waals surface area contributed by atoms with Crippen molar-refractivity contribution < 1.29 is 56.0 Å². The molecule has 0 aliphatic heterocycles. The maximum absolute atomic E-state index is 13.7. The number of nitrogens with one attached hydrogen (secondary N) is 1. The van der Waals surface area contributed by atoms with Crippen molar-refractivity contribution in [2.24, 2.45) is 0 Å². The van der Waals surface area contributed by atoms with E-state index in [1.165, 1.54) is 41.7 Å². The molecule has 1 aliphatic carbocycles. The van der Waals surface area contributed by atoms with E-state index < -0.39 is 33.4 Å². The second-order valence-electron chi connectivity index (χ2n) is 12.1. The van der Waals surface area contributed by atoms with Gasteiger partial charge in [0.2, 0.25) is 10.0 Å². The molecule has 0 bridgehead atoms. The van der Waals surface area contributed by atoms with Crippen LogP contribution in [0.3, 0.4) is 0 Å². The smallest absolute Gasteiger partial charge is 0.376 e. The molecule has 1 aliphatic rings. The van der Waals surface area contributed by atoms with Crippen LogP contribution in [-0.4, -0.2) is 89.2 Å². The first-order valence-electron chi connectivity index (χ1n) is 16.4. The Morgan fingerprint density at radius 2 is 1.63 bits per heavy atom. The first-order valence-corrected chi connectivity index (χ1v) is 18.3. The minimum atomic E-state index is -3.76. The topological polar surface area (TPSA) is 182 Å². The number of nitrogens with zero attached hydrogens (tertiary/aromatic N) is 1. The lowest BCUT2D eigenvalue weighted by molar-refractivity contribution is -0.146. The Balaban J connectivity index is 1.16. The van der Waals surface area contributed by atoms with E-state index in [9.17, 15) is 32.3 Å². The van der Waals surface area contributed by atoms with Gasteiger partial charge >= 0.3 is 5.97 Å². The highest BCUT2D eigenvalue weighted by Crippen LogP contribution is 2.48. The van der Waals surface area contributed by atoms with Crippen LogP contribution in [0.5, 0.6) is 0 Å². The van der Waals surface area contributed by atoms with Gasteiger partial charge in [-0.25, -0.2) is 17.6 Å². The summed E-state index contributed by atoms with van der Waals surface area (Å²) in [6.07, 6.45) is 3.50. The van der Waals surface area contributed by atoms with E-state index in [2.05, 4.69) is 5.32 Å². The lowest BCUT2D eigenvalue weighted by Crippen LogP contribution is -2.34. The van der Waals surface area contributed by atoms with Gasteiger partial charge in [-0.05, 0) is 66.3 Å². The van der Waals surface area contributed by atoms with E-state index in [-0.39, 0.29) is 74.9 Å². The number of hydrogen-bond donors (Lipinski definition) is 3. The Kier molecular flexibility index (Phi) is 12.4. The number of carboxylic acid groups (broad SMARTS) is 1. The van der Waals surface area contributed by atoms with Crippen LogP contribution >= 0.6 is 0 Å². The fraction of sp³-hybridized carbons (Fsp3) is 0.324. The van der Waals surface area contributed by atoms with Crippen molar-refractivity contribution in [1.82, 2.24) is 5.32 Å². The summed E-state index contributed by atoms with van der Waals surface area (Å²) in [5.74, 6) is -3.82. The van der Waals surface area contributed by atoms with E-state index in [4.69, 9.17) is 23.7 Å². The Morgan fingerprint density at radius 3 is 2.27 bits per heavy atom. The highest BCUT2D eigenvalue weighted by molar-refractivity contribution is 7.92. The van der Waals surface area contributed by atoms with Crippen LogP contribution in [0.25, 0.3) is 28.1 Å². The number of ether oxygens (including phenoxy) is 3. The second kappa shape index (κ2) is 17.0. The van der Waals surface area contributed by atoms with Crippen LogP contribution in [0.2, 0.25) is 0 Å². The van der Waals surface area contributed by atoms with Crippen molar-refractivity contribution in [3.63, 3.8) is 0 Å². The van der Waals surface area contributed by atoms with Crippen molar-refractivity contribution in [3.8, 4) is 11.3 Å². The molecule has 13 nitrogen and oxygen atoms in total. The Labute approximate surface area is 299 Å². The molecule has 15 heteroatoms. The van der Waals surface area contributed by atoms with Crippen LogP contribution in [0.1, 0.15) is 45.8 Å². The van der Waals surface area contributed by atoms with Crippen molar-refractivity contribution in [2.45, 2.75) is 25.4 Å². The molecule has 1 fully saturated rings. The molecule has 4 aromatic rings. The number of amides is 1. The van der Waals surface area contributed by atoms with E-state index in [1.807, 2.05) is 6.07 Å². The predicted molar refractivity (Wildman–Crippen MR) is 190 cm³/mol. The standard InChI is InChI=1S/C37H39FN2O11S/c1-39-36(43)34-29-19-28(24-6-7-24)30(20-33(29)51-35(34)25-8-10-27(38)11-9-25)40(52(2,46)47)12-13-48-14-15-49-16-17-50-22-23-4-3-5-26(18-23)31(41)21-32(42)37(44)45/h3-5,8-11,18-21,24,41H,6-7,12-17,22H2,1-2H3,(H,39,43)(H,44,45)/b31-21-. The molecular formula is C37H39FN2O11S. The van der Waals surface area contributed by atoms with Gasteiger partial charge in [0.25, 0.3) is 11.7 Å². The third-order valence-electron chi connectivity index (χ3n) is 8.24. The number of furan rings is 1. The Hall–Kier alpha value is -5.09. The largest absolute Gasteiger partial charge is 0.507 e. The number of rotatable bonds is 19. The van der Waals surface area contributed by atoms with Crippen LogP contribution < -0.4 is 9.62 Å². The number of sulfonamides is 1. The third kappa shape index (κ3) is 9.61. The lowest BCUT2D eigenvalue weighted by Gasteiger charge is -2.25. The lowest BCUT2D eigenvalue weighted by atomic mass is 10.0. The number of halogens is 1. The van der Waals surface area contributed by atoms with Crippen molar-refractivity contribution in [1.29, 1.82) is 0 Å². The van der Waals surface area contributed by atoms with Gasteiger partial charge in [-0.2, -0.15) is 0 Å². The molecule has 3 N–H and O–H groups in total. The van der Waals surface area contributed by atoms with Gasteiger partial charge in [-0.15, -0.1) is 0 Å². The highest BCUT2D eigenvalue weighted by atomic mass is 32.2. The molecule has 1 heterocycles. The fourth-order valence-corrected chi connectivity index (χ4v) is 6.49. The summed E-state index contributed by atoms with van der Waals surface area (Å²) in [6, 6.07) is 15.5. The summed E-state index contributed by atoms with van der Waals surface area (Å²) < 4.78 is 64.1. The minimum absolute atomic E-state index is 0.0231. The molecule has 276 valence electrons. The van der Waals surface area contributed by atoms with Gasteiger partial charge in [0.15, 0.2) is 0 Å². The summed E-state index contributed by atoms with van der Waals surface area (Å²) in [6.45, 7) is 1.21. The summed E-state index contributed by atoms with van der Waals surface area (Å²) in [5.41, 5.74) is 3.30. The molecule has 1 aromatic heterocycles. The van der Waals surface area contributed by atoms with Crippen LogP contribution in [-0.2, 0) is 40.4 Å². The minimum Gasteiger partial charge on any atom is -0.507 e. The summed E-state index contributed by atoms with van der Waals surface area (Å²) in [4.78, 5) is 35.1. The van der Waals surface area contributed by atoms with Crippen molar-refractivity contribution >= 4 is 50.1 Å². The molecule has 0 spiro atoms. The first kappa shape index (κ1) is 38.1. The quantitative estimate of drug-likeness (QED) is 0.0507. The SMILES string of the molecule is CNC(=O)c1c(-c2ccc(F)cc2)oc2cc(N(CCOCCOCCOCc3cccc(/C(O)=C/C(=O)C(=O)O)c3)S(C)(=O)=O)c(C3CC3)cc12. The normalized spacial score (nSPS) is 13.3. The molecule has 0 unspecified atom stereocenters. The molecule has 3 aromatic carbocycles. The highest BCUT2D eigenvalue weighted by Gasteiger charge is 2.33. The van der Waals surface area contributed by atoms with E-state index in [1.54, 1.807) is 24.3 Å². The fourth-order valence-electron chi connectivity index (χ4n) is 5.57. The van der Waals surface area contributed by atoms with E-state index >= 15 is 0 Å². The first-order chi connectivity index (χ1) is 24.9. The number of carboxylic acids is 1. The van der Waals surface area contributed by atoms with Crippen molar-refractivity contribution in [3.05, 3.63) is 94.8 Å². The van der Waals surface area contributed by atoms with Gasteiger partial charge in [-0.3, -0.25) is 13.9 Å². The zero-order valence-electron chi connectivity index (χ0n) is 28.6. The predicted octanol–water partition coefficient (Wildman–Crippen LogP) is 5.04. The zero-order chi connectivity index (χ0) is 37.4. The molecule has 5 rings (SSSR count).